The summed E-state index contributed by atoms with van der Waals surface area (Å²) in [7, 11) is -0.457. The number of halogens is 1. The molecule has 0 radical (unpaired) electrons. The summed E-state index contributed by atoms with van der Waals surface area (Å²) in [5.74, 6) is 0.211. The number of hydrogen-bond acceptors (Lipinski definition) is 7. The second kappa shape index (κ2) is 9.88. The Labute approximate surface area is 183 Å². The van der Waals surface area contributed by atoms with Gasteiger partial charge in [0.15, 0.2) is 15.0 Å². The van der Waals surface area contributed by atoms with Gasteiger partial charge in [-0.2, -0.15) is 0 Å². The van der Waals surface area contributed by atoms with Crippen molar-refractivity contribution in [1.82, 2.24) is 4.98 Å². The molecule has 7 nitrogen and oxygen atoms in total. The Morgan fingerprint density at radius 2 is 1.87 bits per heavy atom. The highest BCUT2D eigenvalue weighted by molar-refractivity contribution is 7.91. The zero-order valence-corrected chi connectivity index (χ0v) is 18.6. The minimum Gasteiger partial charge on any atom is -0.497 e. The lowest BCUT2D eigenvalue weighted by molar-refractivity contribution is -0.116. The number of anilines is 1. The van der Waals surface area contributed by atoms with Crippen LogP contribution in [0.2, 0.25) is 0 Å². The van der Waals surface area contributed by atoms with E-state index in [1.54, 1.807) is 37.8 Å². The average molecular weight is 465 g/mol. The predicted molar refractivity (Wildman–Crippen MR) is 117 cm³/mol. The zero-order chi connectivity index (χ0) is 22.4. The number of carbonyl (C=O) groups excluding carboxylic acids is 1. The fraction of sp³-hybridized carbons (Fsp3) is 0.238. The van der Waals surface area contributed by atoms with Gasteiger partial charge in [-0.05, 0) is 48.9 Å². The monoisotopic (exact) mass is 464 g/mol. The molecule has 2 aromatic carbocycles. The van der Waals surface area contributed by atoms with E-state index in [9.17, 15) is 17.6 Å². The van der Waals surface area contributed by atoms with Gasteiger partial charge in [0.25, 0.3) is 0 Å². The molecule has 3 aromatic rings. The normalized spacial score (nSPS) is 11.2. The van der Waals surface area contributed by atoms with Gasteiger partial charge < -0.3 is 14.8 Å². The van der Waals surface area contributed by atoms with Gasteiger partial charge in [-0.25, -0.2) is 17.8 Å². The summed E-state index contributed by atoms with van der Waals surface area (Å²) in [6.07, 6.45) is 0.144. The first kappa shape index (κ1) is 22.7. The van der Waals surface area contributed by atoms with Crippen LogP contribution >= 0.6 is 11.3 Å². The number of thiazole rings is 1. The molecule has 0 unspecified atom stereocenters. The summed E-state index contributed by atoms with van der Waals surface area (Å²) in [5, 5.41) is 4.86. The molecule has 0 spiro atoms. The Morgan fingerprint density at radius 1 is 1.13 bits per heavy atom. The van der Waals surface area contributed by atoms with Gasteiger partial charge in [0.2, 0.25) is 5.91 Å². The molecule has 164 valence electrons. The summed E-state index contributed by atoms with van der Waals surface area (Å²) in [6, 6.07) is 9.96. The van der Waals surface area contributed by atoms with Gasteiger partial charge in [-0.1, -0.05) is 0 Å². The van der Waals surface area contributed by atoms with Crippen LogP contribution in [0.25, 0.3) is 11.3 Å². The summed E-state index contributed by atoms with van der Waals surface area (Å²) in [6.45, 7) is 0. The molecule has 1 amide bonds. The molecule has 0 atom stereocenters. The van der Waals surface area contributed by atoms with E-state index in [0.717, 1.165) is 17.7 Å². The maximum absolute atomic E-state index is 13.0. The molecule has 10 heteroatoms. The maximum Gasteiger partial charge on any atom is 0.226 e. The van der Waals surface area contributed by atoms with Gasteiger partial charge in [-0.15, -0.1) is 11.3 Å². The summed E-state index contributed by atoms with van der Waals surface area (Å²) in [5.41, 5.74) is 1.35. The fourth-order valence-corrected chi connectivity index (χ4v) is 4.87. The van der Waals surface area contributed by atoms with E-state index in [4.69, 9.17) is 9.47 Å². The molecule has 31 heavy (non-hydrogen) atoms. The van der Waals surface area contributed by atoms with E-state index in [0.29, 0.717) is 22.3 Å². The number of rotatable bonds is 9. The molecule has 0 saturated heterocycles. The van der Waals surface area contributed by atoms with Crippen molar-refractivity contribution in [1.29, 1.82) is 0 Å². The molecule has 0 aliphatic carbocycles. The molecular formula is C21H21FN2O5S2. The molecular weight excluding hydrogens is 443 g/mol. The van der Waals surface area contributed by atoms with Gasteiger partial charge >= 0.3 is 0 Å². The van der Waals surface area contributed by atoms with Crippen molar-refractivity contribution in [2.75, 3.05) is 25.3 Å². The number of benzene rings is 2. The van der Waals surface area contributed by atoms with E-state index in [2.05, 4.69) is 10.3 Å². The minimum absolute atomic E-state index is 0.0117. The zero-order valence-electron chi connectivity index (χ0n) is 16.9. The van der Waals surface area contributed by atoms with Gasteiger partial charge in [0.05, 0.1) is 30.6 Å². The van der Waals surface area contributed by atoms with E-state index in [1.165, 1.54) is 23.5 Å². The van der Waals surface area contributed by atoms with E-state index >= 15 is 0 Å². The lowest BCUT2D eigenvalue weighted by Crippen LogP contribution is -2.14. The highest BCUT2D eigenvalue weighted by atomic mass is 32.2. The smallest absolute Gasteiger partial charge is 0.226 e. The van der Waals surface area contributed by atoms with Crippen molar-refractivity contribution in [3.8, 4) is 22.8 Å². The number of nitrogens with zero attached hydrogens (tertiary/aromatic N) is 1. The molecule has 0 bridgehead atoms. The first-order chi connectivity index (χ1) is 14.8. The van der Waals surface area contributed by atoms with Crippen LogP contribution in [0.5, 0.6) is 11.5 Å². The number of ether oxygens (including phenoxy) is 2. The lowest BCUT2D eigenvalue weighted by atomic mass is 10.1. The second-order valence-electron chi connectivity index (χ2n) is 6.53. The first-order valence-corrected chi connectivity index (χ1v) is 11.8. The highest BCUT2D eigenvalue weighted by Gasteiger charge is 2.16. The third kappa shape index (κ3) is 5.80. The number of aromatic nitrogens is 1. The van der Waals surface area contributed by atoms with Crippen molar-refractivity contribution in [2.24, 2.45) is 0 Å². The highest BCUT2D eigenvalue weighted by Crippen LogP contribution is 2.35. The van der Waals surface area contributed by atoms with Crippen LogP contribution in [-0.4, -0.2) is 39.3 Å². The van der Waals surface area contributed by atoms with Crippen LogP contribution in [-0.2, 0) is 14.6 Å². The number of hydrogen-bond donors (Lipinski definition) is 1. The van der Waals surface area contributed by atoms with Crippen molar-refractivity contribution in [3.05, 3.63) is 53.7 Å². The van der Waals surface area contributed by atoms with Crippen LogP contribution in [0.4, 0.5) is 9.52 Å². The largest absolute Gasteiger partial charge is 0.497 e. The Morgan fingerprint density at radius 3 is 2.55 bits per heavy atom. The molecule has 1 N–H and O–H groups in total. The van der Waals surface area contributed by atoms with E-state index in [1.807, 2.05) is 0 Å². The SMILES string of the molecule is COc1ccc(OC)c(-c2csc(NC(=O)CCCS(=O)(=O)c3ccc(F)cc3)n2)c1. The minimum atomic E-state index is -3.58. The van der Waals surface area contributed by atoms with Crippen molar-refractivity contribution >= 4 is 32.2 Å². The predicted octanol–water partition coefficient (Wildman–Crippen LogP) is 4.16. The summed E-state index contributed by atoms with van der Waals surface area (Å²) >= 11 is 1.25. The number of carbonyl (C=O) groups is 1. The summed E-state index contributed by atoms with van der Waals surface area (Å²) in [4.78, 5) is 16.7. The van der Waals surface area contributed by atoms with Crippen LogP contribution in [0.3, 0.4) is 0 Å². The quantitative estimate of drug-likeness (QED) is 0.478. The molecule has 0 fully saturated rings. The van der Waals surface area contributed by atoms with Crippen LogP contribution < -0.4 is 14.8 Å². The molecule has 0 saturated carbocycles. The number of amides is 1. The van der Waals surface area contributed by atoms with E-state index in [-0.39, 0.29) is 29.4 Å². The lowest BCUT2D eigenvalue weighted by Gasteiger charge is -2.08. The van der Waals surface area contributed by atoms with Crippen molar-refractivity contribution < 1.29 is 27.1 Å². The fourth-order valence-electron chi connectivity index (χ4n) is 2.83. The molecule has 1 heterocycles. The van der Waals surface area contributed by atoms with Crippen LogP contribution in [0.1, 0.15) is 12.8 Å². The third-order valence-electron chi connectivity index (χ3n) is 4.42. The van der Waals surface area contributed by atoms with E-state index < -0.39 is 15.7 Å². The Balaban J connectivity index is 1.59. The number of nitrogens with one attached hydrogen (secondary N) is 1. The van der Waals surface area contributed by atoms with Gasteiger partial charge in [0.1, 0.15) is 17.3 Å². The Kier molecular flexibility index (Phi) is 7.24. The Hall–Kier alpha value is -2.98. The molecule has 1 aromatic heterocycles. The standard InChI is InChI=1S/C21H21FN2O5S2/c1-28-15-7-10-19(29-2)17(12-15)18-13-30-21(23-18)24-20(25)4-3-11-31(26,27)16-8-5-14(22)6-9-16/h5-10,12-13H,3-4,11H2,1-2H3,(H,23,24,25). The van der Waals surface area contributed by atoms with Crippen molar-refractivity contribution in [3.63, 3.8) is 0 Å². The van der Waals surface area contributed by atoms with Crippen LogP contribution in [0.15, 0.2) is 52.7 Å². The average Bonchev–Trinajstić information content (AvgIpc) is 3.21. The van der Waals surface area contributed by atoms with Crippen molar-refractivity contribution in [2.45, 2.75) is 17.7 Å². The number of methoxy groups -OCH3 is 2. The first-order valence-electron chi connectivity index (χ1n) is 9.28. The molecule has 0 aliphatic heterocycles. The Bertz CT molecular complexity index is 1160. The second-order valence-corrected chi connectivity index (χ2v) is 9.50. The molecule has 0 aliphatic rings. The van der Waals surface area contributed by atoms with Gasteiger partial charge in [-0.3, -0.25) is 4.79 Å². The molecule has 3 rings (SSSR count). The van der Waals surface area contributed by atoms with Crippen LogP contribution in [0, 0.1) is 5.82 Å². The summed E-state index contributed by atoms with van der Waals surface area (Å²) < 4.78 is 48.1. The third-order valence-corrected chi connectivity index (χ3v) is 7.00. The topological polar surface area (TPSA) is 94.6 Å². The maximum atomic E-state index is 13.0. The number of sulfone groups is 1. The van der Waals surface area contributed by atoms with Gasteiger partial charge in [0, 0.05) is 17.4 Å².